The summed E-state index contributed by atoms with van der Waals surface area (Å²) in [6.07, 6.45) is 1.77. The number of carbonyl (C=O) groups excluding carboxylic acids is 1. The van der Waals surface area contributed by atoms with Gasteiger partial charge in [0.2, 0.25) is 0 Å². The first-order valence-corrected chi connectivity index (χ1v) is 5.65. The van der Waals surface area contributed by atoms with Gasteiger partial charge >= 0.3 is 6.03 Å². The number of halogens is 2. The Morgan fingerprint density at radius 1 is 1.33 bits per heavy atom. The molecule has 0 spiro atoms. The average Bonchev–Trinajstić information content (AvgIpc) is 3.12. The molecule has 98 valence electrons. The van der Waals surface area contributed by atoms with E-state index in [0.29, 0.717) is 6.54 Å². The molecule has 1 fully saturated rings. The molecule has 2 rings (SSSR count). The van der Waals surface area contributed by atoms with Gasteiger partial charge in [-0.15, -0.1) is 0 Å². The zero-order chi connectivity index (χ0) is 13.2. The van der Waals surface area contributed by atoms with Crippen LogP contribution in [-0.2, 0) is 0 Å². The van der Waals surface area contributed by atoms with Crippen LogP contribution in [-0.4, -0.2) is 24.3 Å². The number of aliphatic hydroxyl groups is 1. The lowest BCUT2D eigenvalue weighted by Crippen LogP contribution is -2.35. The Morgan fingerprint density at radius 3 is 2.61 bits per heavy atom. The Labute approximate surface area is 103 Å². The molecule has 4 nitrogen and oxygen atoms in total. The van der Waals surface area contributed by atoms with Crippen LogP contribution < -0.4 is 10.6 Å². The number of aliphatic hydroxyl groups excluding tert-OH is 1. The van der Waals surface area contributed by atoms with Gasteiger partial charge in [0.05, 0.1) is 6.61 Å². The number of nitrogens with one attached hydrogen (secondary N) is 2. The first kappa shape index (κ1) is 12.8. The van der Waals surface area contributed by atoms with Crippen molar-refractivity contribution < 1.29 is 18.7 Å². The normalized spacial score (nSPS) is 16.2. The maximum absolute atomic E-state index is 12.9. The van der Waals surface area contributed by atoms with Crippen LogP contribution in [0.25, 0.3) is 0 Å². The van der Waals surface area contributed by atoms with Crippen molar-refractivity contribution >= 4 is 11.7 Å². The molecular weight excluding hydrogens is 242 g/mol. The van der Waals surface area contributed by atoms with Crippen LogP contribution >= 0.6 is 0 Å². The molecule has 2 amide bonds. The first-order valence-electron chi connectivity index (χ1n) is 5.65. The van der Waals surface area contributed by atoms with E-state index in [1.165, 1.54) is 6.07 Å². The lowest BCUT2D eigenvalue weighted by Gasteiger charge is -2.13. The van der Waals surface area contributed by atoms with E-state index in [1.54, 1.807) is 0 Å². The molecular formula is C12H14F2N2O2. The monoisotopic (exact) mass is 256 g/mol. The van der Waals surface area contributed by atoms with Crippen molar-refractivity contribution in [1.82, 2.24) is 5.32 Å². The smallest absolute Gasteiger partial charge is 0.319 e. The highest BCUT2D eigenvalue weighted by Gasteiger charge is 2.42. The molecule has 1 aromatic rings. The standard InChI is InChI=1S/C12H14F2N2O2/c13-9-2-1-8(5-10(9)14)16-11(18)15-6-12(7-17)3-4-12/h1-2,5,17H,3-4,6-7H2,(H2,15,16,18). The number of hydrogen-bond acceptors (Lipinski definition) is 2. The maximum Gasteiger partial charge on any atom is 0.319 e. The van der Waals surface area contributed by atoms with Crippen molar-refractivity contribution in [1.29, 1.82) is 0 Å². The maximum atomic E-state index is 12.9. The number of hydrogen-bond donors (Lipinski definition) is 3. The van der Waals surface area contributed by atoms with E-state index in [9.17, 15) is 13.6 Å². The molecule has 0 saturated heterocycles. The van der Waals surface area contributed by atoms with Gasteiger partial charge in [0.1, 0.15) is 0 Å². The minimum absolute atomic E-state index is 0.0401. The number of anilines is 1. The highest BCUT2D eigenvalue weighted by Crippen LogP contribution is 2.44. The Bertz CT molecular complexity index is 461. The van der Waals surface area contributed by atoms with E-state index in [0.717, 1.165) is 25.0 Å². The zero-order valence-corrected chi connectivity index (χ0v) is 9.67. The molecule has 0 heterocycles. The zero-order valence-electron chi connectivity index (χ0n) is 9.67. The molecule has 18 heavy (non-hydrogen) atoms. The summed E-state index contributed by atoms with van der Waals surface area (Å²) in [5, 5.41) is 14.1. The molecule has 0 radical (unpaired) electrons. The SMILES string of the molecule is O=C(NCC1(CO)CC1)Nc1ccc(F)c(F)c1. The van der Waals surface area contributed by atoms with Crippen LogP contribution in [0.3, 0.4) is 0 Å². The summed E-state index contributed by atoms with van der Waals surface area (Å²) in [4.78, 5) is 11.5. The topological polar surface area (TPSA) is 61.4 Å². The number of rotatable bonds is 4. The fourth-order valence-corrected chi connectivity index (χ4v) is 1.58. The third kappa shape index (κ3) is 2.95. The van der Waals surface area contributed by atoms with Crippen molar-refractivity contribution in [2.24, 2.45) is 5.41 Å². The lowest BCUT2D eigenvalue weighted by atomic mass is 10.1. The van der Waals surface area contributed by atoms with Gasteiger partial charge in [-0.3, -0.25) is 0 Å². The van der Waals surface area contributed by atoms with Gasteiger partial charge < -0.3 is 15.7 Å². The summed E-state index contributed by atoms with van der Waals surface area (Å²) in [5.74, 6) is -1.97. The van der Waals surface area contributed by atoms with E-state index < -0.39 is 17.7 Å². The van der Waals surface area contributed by atoms with Crippen LogP contribution in [0.5, 0.6) is 0 Å². The molecule has 1 aromatic carbocycles. The summed E-state index contributed by atoms with van der Waals surface area (Å²) in [6, 6.07) is 2.63. The first-order chi connectivity index (χ1) is 8.54. The third-order valence-electron chi connectivity index (χ3n) is 3.09. The minimum atomic E-state index is -1.01. The summed E-state index contributed by atoms with van der Waals surface area (Å²) < 4.78 is 25.6. The van der Waals surface area contributed by atoms with Crippen molar-refractivity contribution in [3.8, 4) is 0 Å². The van der Waals surface area contributed by atoms with E-state index in [1.807, 2.05) is 0 Å². The van der Waals surface area contributed by atoms with Crippen molar-refractivity contribution in [3.05, 3.63) is 29.8 Å². The molecule has 0 atom stereocenters. The summed E-state index contributed by atoms with van der Waals surface area (Å²) in [6.45, 7) is 0.414. The van der Waals surface area contributed by atoms with E-state index >= 15 is 0 Å². The van der Waals surface area contributed by atoms with Crippen LogP contribution in [0.15, 0.2) is 18.2 Å². The van der Waals surface area contributed by atoms with Crippen LogP contribution in [0.2, 0.25) is 0 Å². The average molecular weight is 256 g/mol. The number of benzene rings is 1. The van der Waals surface area contributed by atoms with Crippen molar-refractivity contribution in [3.63, 3.8) is 0 Å². The van der Waals surface area contributed by atoms with E-state index in [-0.39, 0.29) is 17.7 Å². The van der Waals surface area contributed by atoms with Gasteiger partial charge in [0.25, 0.3) is 0 Å². The number of urea groups is 1. The molecule has 0 aromatic heterocycles. The number of amides is 2. The molecule has 6 heteroatoms. The molecule has 0 unspecified atom stereocenters. The molecule has 0 aliphatic heterocycles. The Morgan fingerprint density at radius 2 is 2.06 bits per heavy atom. The van der Waals surface area contributed by atoms with Crippen LogP contribution in [0, 0.1) is 17.0 Å². The highest BCUT2D eigenvalue weighted by atomic mass is 19.2. The Kier molecular flexibility index (Phi) is 3.47. The predicted octanol–water partition coefficient (Wildman–Crippen LogP) is 1.86. The number of carbonyl (C=O) groups is 1. The predicted molar refractivity (Wildman–Crippen MR) is 62.1 cm³/mol. The quantitative estimate of drug-likeness (QED) is 0.770. The van der Waals surface area contributed by atoms with Gasteiger partial charge in [-0.2, -0.15) is 0 Å². The van der Waals surface area contributed by atoms with Gasteiger partial charge in [-0.05, 0) is 25.0 Å². The summed E-state index contributed by atoms with van der Waals surface area (Å²) >= 11 is 0. The largest absolute Gasteiger partial charge is 0.396 e. The van der Waals surface area contributed by atoms with Crippen LogP contribution in [0.4, 0.5) is 19.3 Å². The molecule has 1 saturated carbocycles. The molecule has 1 aliphatic carbocycles. The van der Waals surface area contributed by atoms with Crippen molar-refractivity contribution in [2.75, 3.05) is 18.5 Å². The summed E-state index contributed by atoms with van der Waals surface area (Å²) in [7, 11) is 0. The van der Waals surface area contributed by atoms with E-state index in [4.69, 9.17) is 5.11 Å². The van der Waals surface area contributed by atoms with Gasteiger partial charge in [-0.1, -0.05) is 0 Å². The van der Waals surface area contributed by atoms with Crippen molar-refractivity contribution in [2.45, 2.75) is 12.8 Å². The fourth-order valence-electron chi connectivity index (χ4n) is 1.58. The Hall–Kier alpha value is -1.69. The lowest BCUT2D eigenvalue weighted by molar-refractivity contribution is 0.206. The third-order valence-corrected chi connectivity index (χ3v) is 3.09. The minimum Gasteiger partial charge on any atom is -0.396 e. The highest BCUT2D eigenvalue weighted by molar-refractivity contribution is 5.89. The van der Waals surface area contributed by atoms with Gasteiger partial charge in [0, 0.05) is 23.7 Å². The van der Waals surface area contributed by atoms with E-state index in [2.05, 4.69) is 10.6 Å². The second-order valence-corrected chi connectivity index (χ2v) is 4.59. The van der Waals surface area contributed by atoms with Gasteiger partial charge in [0.15, 0.2) is 11.6 Å². The molecule has 1 aliphatic rings. The summed E-state index contributed by atoms with van der Waals surface area (Å²) in [5.41, 5.74) is -0.00832. The van der Waals surface area contributed by atoms with Crippen LogP contribution in [0.1, 0.15) is 12.8 Å². The van der Waals surface area contributed by atoms with Gasteiger partial charge in [-0.25, -0.2) is 13.6 Å². The fraction of sp³-hybridized carbons (Fsp3) is 0.417. The second-order valence-electron chi connectivity index (χ2n) is 4.59. The molecule has 0 bridgehead atoms. The Balaban J connectivity index is 1.85. The molecule has 3 N–H and O–H groups in total. The second kappa shape index (κ2) is 4.89.